The van der Waals surface area contributed by atoms with E-state index in [4.69, 9.17) is 9.72 Å². The number of Topliss-reactive ketones (excluding diaryl/α,β-unsaturated/α-hetero) is 1. The first-order chi connectivity index (χ1) is 12.6. The van der Waals surface area contributed by atoms with Crippen molar-refractivity contribution in [1.29, 1.82) is 0 Å². The second-order valence-corrected chi connectivity index (χ2v) is 9.28. The fraction of sp³-hybridized carbons (Fsp3) is 0.632. The summed E-state index contributed by atoms with van der Waals surface area (Å²) in [5.41, 5.74) is 1.31. The van der Waals surface area contributed by atoms with Crippen LogP contribution < -0.4 is 5.56 Å². The van der Waals surface area contributed by atoms with E-state index >= 15 is 0 Å². The van der Waals surface area contributed by atoms with Crippen LogP contribution in [0.15, 0.2) is 9.95 Å². The van der Waals surface area contributed by atoms with Crippen LogP contribution >= 0.6 is 23.1 Å². The molecule has 0 saturated carbocycles. The van der Waals surface area contributed by atoms with Crippen LogP contribution in [0.4, 0.5) is 0 Å². The molecule has 140 valence electrons. The van der Waals surface area contributed by atoms with Crippen LogP contribution in [-0.2, 0) is 28.9 Å². The topological polar surface area (TPSA) is 61.2 Å². The van der Waals surface area contributed by atoms with Crippen molar-refractivity contribution in [3.05, 3.63) is 20.8 Å². The minimum absolute atomic E-state index is 0.0789. The van der Waals surface area contributed by atoms with E-state index in [9.17, 15) is 9.59 Å². The van der Waals surface area contributed by atoms with Gasteiger partial charge < -0.3 is 4.74 Å². The number of thiophene rings is 1. The van der Waals surface area contributed by atoms with Gasteiger partial charge in [0.05, 0.1) is 18.0 Å². The van der Waals surface area contributed by atoms with Gasteiger partial charge >= 0.3 is 0 Å². The van der Waals surface area contributed by atoms with Crippen molar-refractivity contribution in [2.75, 3.05) is 12.4 Å². The summed E-state index contributed by atoms with van der Waals surface area (Å²) >= 11 is 3.20. The van der Waals surface area contributed by atoms with Crippen molar-refractivity contribution < 1.29 is 9.53 Å². The van der Waals surface area contributed by atoms with E-state index in [2.05, 4.69) is 0 Å². The van der Waals surface area contributed by atoms with E-state index in [-0.39, 0.29) is 17.4 Å². The number of hydrogen-bond acceptors (Lipinski definition) is 6. The minimum Gasteiger partial charge on any atom is -0.376 e. The normalized spacial score (nSPS) is 19.8. The van der Waals surface area contributed by atoms with E-state index in [0.717, 1.165) is 54.1 Å². The van der Waals surface area contributed by atoms with E-state index in [1.807, 2.05) is 4.57 Å². The molecule has 2 aromatic rings. The predicted octanol–water partition coefficient (Wildman–Crippen LogP) is 3.59. The molecule has 0 radical (unpaired) electrons. The van der Waals surface area contributed by atoms with E-state index in [0.29, 0.717) is 18.7 Å². The van der Waals surface area contributed by atoms with Crippen molar-refractivity contribution in [1.82, 2.24) is 9.55 Å². The summed E-state index contributed by atoms with van der Waals surface area (Å²) in [6.45, 7) is 2.94. The number of fused-ring (bicyclic) bond motifs is 3. The van der Waals surface area contributed by atoms with Crippen LogP contribution in [0.2, 0.25) is 0 Å². The number of ketones is 1. The predicted molar refractivity (Wildman–Crippen MR) is 106 cm³/mol. The quantitative estimate of drug-likeness (QED) is 0.555. The van der Waals surface area contributed by atoms with Crippen LogP contribution in [0.1, 0.15) is 49.5 Å². The molecule has 2 aromatic heterocycles. The third kappa shape index (κ3) is 3.62. The Balaban J connectivity index is 1.75. The number of aromatic nitrogens is 2. The maximum atomic E-state index is 13.4. The molecule has 2 aliphatic rings. The number of hydrogen-bond donors (Lipinski definition) is 0. The Morgan fingerprint density at radius 2 is 2.19 bits per heavy atom. The molecule has 0 unspecified atom stereocenters. The first kappa shape index (κ1) is 18.2. The average Bonchev–Trinajstić information content (AvgIpc) is 3.25. The summed E-state index contributed by atoms with van der Waals surface area (Å²) in [5.74, 6) is 0.822. The zero-order valence-electron chi connectivity index (χ0n) is 15.1. The van der Waals surface area contributed by atoms with Gasteiger partial charge in [-0.15, -0.1) is 11.3 Å². The van der Waals surface area contributed by atoms with Gasteiger partial charge in [-0.05, 0) is 51.0 Å². The van der Waals surface area contributed by atoms with Gasteiger partial charge in [-0.3, -0.25) is 14.2 Å². The molecule has 1 saturated heterocycles. The molecule has 5 nitrogen and oxygen atoms in total. The zero-order chi connectivity index (χ0) is 18.1. The maximum Gasteiger partial charge on any atom is 0.263 e. The molecule has 1 atom stereocenters. The Hall–Kier alpha value is -1.18. The van der Waals surface area contributed by atoms with Crippen LogP contribution in [0.25, 0.3) is 10.2 Å². The summed E-state index contributed by atoms with van der Waals surface area (Å²) in [4.78, 5) is 31.7. The molecule has 0 spiro atoms. The second-order valence-electron chi connectivity index (χ2n) is 7.14. The van der Waals surface area contributed by atoms with Gasteiger partial charge in [0.15, 0.2) is 5.16 Å². The standard InChI is InChI=1S/C19H24N2O3S2/c1-12(22)8-10-25-19-20-17-16(14-6-2-3-7-15(14)26-17)18(23)21(19)11-13-5-4-9-24-13/h13H,2-11H2,1H3/t13-/m1/s1. The van der Waals surface area contributed by atoms with Gasteiger partial charge in [0.25, 0.3) is 5.56 Å². The molecule has 0 N–H and O–H groups in total. The van der Waals surface area contributed by atoms with Crippen LogP contribution in [0.3, 0.4) is 0 Å². The third-order valence-electron chi connectivity index (χ3n) is 5.14. The molecule has 0 aromatic carbocycles. The van der Waals surface area contributed by atoms with Crippen LogP contribution in [-0.4, -0.2) is 33.8 Å². The molecular formula is C19H24N2O3S2. The van der Waals surface area contributed by atoms with Crippen molar-refractivity contribution in [2.24, 2.45) is 0 Å². The number of nitrogens with zero attached hydrogens (tertiary/aromatic N) is 2. The smallest absolute Gasteiger partial charge is 0.263 e. The van der Waals surface area contributed by atoms with Gasteiger partial charge in [-0.2, -0.15) is 0 Å². The molecule has 4 rings (SSSR count). The summed E-state index contributed by atoms with van der Waals surface area (Å²) in [6.07, 6.45) is 7.04. The second kappa shape index (κ2) is 7.82. The van der Waals surface area contributed by atoms with Gasteiger partial charge in [0.1, 0.15) is 10.6 Å². The summed E-state index contributed by atoms with van der Waals surface area (Å²) in [6, 6.07) is 0. The highest BCUT2D eigenvalue weighted by molar-refractivity contribution is 7.99. The first-order valence-electron chi connectivity index (χ1n) is 9.42. The Kier molecular flexibility index (Phi) is 5.47. The van der Waals surface area contributed by atoms with Gasteiger partial charge in [0.2, 0.25) is 0 Å². The largest absolute Gasteiger partial charge is 0.376 e. The number of ether oxygens (including phenoxy) is 1. The third-order valence-corrected chi connectivity index (χ3v) is 7.30. The maximum absolute atomic E-state index is 13.4. The molecule has 1 fully saturated rings. The van der Waals surface area contributed by atoms with E-state index in [1.54, 1.807) is 18.3 Å². The highest BCUT2D eigenvalue weighted by atomic mass is 32.2. The molecule has 26 heavy (non-hydrogen) atoms. The fourth-order valence-corrected chi connectivity index (χ4v) is 6.12. The lowest BCUT2D eigenvalue weighted by Gasteiger charge is -2.16. The molecule has 3 heterocycles. The summed E-state index contributed by atoms with van der Waals surface area (Å²) in [7, 11) is 0. The van der Waals surface area contributed by atoms with Crippen LogP contribution in [0, 0.1) is 0 Å². The first-order valence-corrected chi connectivity index (χ1v) is 11.2. The average molecular weight is 393 g/mol. The lowest BCUT2D eigenvalue weighted by molar-refractivity contribution is -0.116. The molecule has 1 aliphatic carbocycles. The number of thioether (sulfide) groups is 1. The Morgan fingerprint density at radius 3 is 2.96 bits per heavy atom. The molecule has 0 bridgehead atoms. The van der Waals surface area contributed by atoms with E-state index < -0.39 is 0 Å². The van der Waals surface area contributed by atoms with Crippen LogP contribution in [0.5, 0.6) is 0 Å². The van der Waals surface area contributed by atoms with Crippen molar-refractivity contribution in [3.8, 4) is 0 Å². The Morgan fingerprint density at radius 1 is 1.35 bits per heavy atom. The van der Waals surface area contributed by atoms with Gasteiger partial charge in [0, 0.05) is 23.7 Å². The highest BCUT2D eigenvalue weighted by Crippen LogP contribution is 2.35. The Labute approximate surface area is 161 Å². The van der Waals surface area contributed by atoms with Gasteiger partial charge in [-0.1, -0.05) is 11.8 Å². The van der Waals surface area contributed by atoms with Crippen molar-refractivity contribution in [2.45, 2.75) is 69.7 Å². The van der Waals surface area contributed by atoms with E-state index in [1.165, 1.54) is 28.6 Å². The number of carbonyl (C=O) groups excluding carboxylic acids is 1. The number of carbonyl (C=O) groups is 1. The van der Waals surface area contributed by atoms with Gasteiger partial charge in [-0.25, -0.2) is 4.98 Å². The molecule has 0 amide bonds. The van der Waals surface area contributed by atoms with Crippen molar-refractivity contribution >= 4 is 39.1 Å². The number of aryl methyl sites for hydroxylation is 2. The molecule has 1 aliphatic heterocycles. The Bertz CT molecular complexity index is 881. The lowest BCUT2D eigenvalue weighted by Crippen LogP contribution is -2.29. The lowest BCUT2D eigenvalue weighted by atomic mass is 9.97. The molecule has 7 heteroatoms. The molecular weight excluding hydrogens is 368 g/mol. The highest BCUT2D eigenvalue weighted by Gasteiger charge is 2.24. The minimum atomic E-state index is 0.0789. The SMILES string of the molecule is CC(=O)CCSc1nc2sc3c(c2c(=O)n1C[C@H]1CCCO1)CCCC3. The zero-order valence-corrected chi connectivity index (χ0v) is 16.7. The summed E-state index contributed by atoms with van der Waals surface area (Å²) in [5, 5.41) is 1.57. The summed E-state index contributed by atoms with van der Waals surface area (Å²) < 4.78 is 7.58. The van der Waals surface area contributed by atoms with Crippen molar-refractivity contribution in [3.63, 3.8) is 0 Å². The monoisotopic (exact) mass is 392 g/mol. The number of rotatable bonds is 6. The fourth-order valence-electron chi connectivity index (χ4n) is 3.77.